The number of aryl methyl sites for hydroxylation is 1. The number of hydrogen-bond donors (Lipinski definition) is 3. The number of methoxy groups -OCH3 is 1. The van der Waals surface area contributed by atoms with Gasteiger partial charge in [0.25, 0.3) is 0 Å². The first-order chi connectivity index (χ1) is 23.3. The Labute approximate surface area is 289 Å². The molecule has 9 nitrogen and oxygen atoms in total. The zero-order valence-corrected chi connectivity index (χ0v) is 28.0. The van der Waals surface area contributed by atoms with Crippen LogP contribution in [0.1, 0.15) is 29.0 Å². The molecule has 0 unspecified atom stereocenters. The Hall–Kier alpha value is -4.51. The van der Waals surface area contributed by atoms with E-state index < -0.39 is 30.1 Å². The number of benzene rings is 4. The number of alkyl carbamates (subject to hydrolysis) is 1. The maximum Gasteiger partial charge on any atom is 0.407 e. The fourth-order valence-corrected chi connectivity index (χ4v) is 6.84. The van der Waals surface area contributed by atoms with Crippen molar-refractivity contribution in [3.05, 3.63) is 131 Å². The lowest BCUT2D eigenvalue weighted by molar-refractivity contribution is -0.118. The van der Waals surface area contributed by atoms with E-state index >= 15 is 0 Å². The van der Waals surface area contributed by atoms with Gasteiger partial charge >= 0.3 is 12.2 Å². The largest absolute Gasteiger partial charge is 0.465 e. The van der Waals surface area contributed by atoms with Crippen molar-refractivity contribution in [3.8, 4) is 0 Å². The van der Waals surface area contributed by atoms with Gasteiger partial charge in [0.2, 0.25) is 5.91 Å². The number of carbonyl (C=O) groups excluding carboxylic acids is 2. The molecule has 0 radical (unpaired) electrons. The first-order valence-electron chi connectivity index (χ1n) is 15.7. The maximum atomic E-state index is 14.1. The second kappa shape index (κ2) is 17.1. The molecule has 48 heavy (non-hydrogen) atoms. The molecule has 3 atom stereocenters. The number of carbonyl (C=O) groups is 3. The minimum atomic E-state index is -1.000. The molecule has 4 aromatic rings. The molecule has 0 saturated carbocycles. The number of amides is 3. The molecule has 250 valence electrons. The molecule has 0 spiro atoms. The van der Waals surface area contributed by atoms with E-state index in [2.05, 4.69) is 10.6 Å². The van der Waals surface area contributed by atoms with Gasteiger partial charge in [-0.25, -0.2) is 9.59 Å². The molecule has 1 aliphatic rings. The van der Waals surface area contributed by atoms with Gasteiger partial charge in [-0.3, -0.25) is 4.79 Å². The third-order valence-corrected chi connectivity index (χ3v) is 9.55. The van der Waals surface area contributed by atoms with Crippen molar-refractivity contribution in [2.75, 3.05) is 31.3 Å². The first-order valence-corrected chi connectivity index (χ1v) is 17.0. The van der Waals surface area contributed by atoms with Crippen LogP contribution in [-0.2, 0) is 20.7 Å². The van der Waals surface area contributed by atoms with Crippen LogP contribution in [0.5, 0.6) is 0 Å². The van der Waals surface area contributed by atoms with Gasteiger partial charge < -0.3 is 30.1 Å². The summed E-state index contributed by atoms with van der Waals surface area (Å²) in [6.07, 6.45) is -1.24. The number of hydrogen-bond acceptors (Lipinski definition) is 6. The van der Waals surface area contributed by atoms with E-state index in [0.29, 0.717) is 29.3 Å². The third kappa shape index (κ3) is 9.53. The van der Waals surface area contributed by atoms with Crippen molar-refractivity contribution in [2.45, 2.75) is 41.9 Å². The lowest BCUT2D eigenvalue weighted by atomic mass is 9.84. The van der Waals surface area contributed by atoms with Crippen molar-refractivity contribution in [3.63, 3.8) is 0 Å². The molecule has 1 heterocycles. The number of ether oxygens (including phenoxy) is 2. The summed E-state index contributed by atoms with van der Waals surface area (Å²) >= 11 is 7.61. The Morgan fingerprint density at radius 3 is 2.12 bits per heavy atom. The lowest BCUT2D eigenvalue weighted by Gasteiger charge is -2.36. The molecular weight excluding hydrogens is 650 g/mol. The van der Waals surface area contributed by atoms with E-state index in [1.165, 1.54) is 12.0 Å². The summed E-state index contributed by atoms with van der Waals surface area (Å²) in [5, 5.41) is 16.3. The van der Waals surface area contributed by atoms with Crippen LogP contribution in [0.2, 0.25) is 5.02 Å². The van der Waals surface area contributed by atoms with Crippen LogP contribution in [0.3, 0.4) is 0 Å². The summed E-state index contributed by atoms with van der Waals surface area (Å²) in [5.41, 5.74) is 3.17. The van der Waals surface area contributed by atoms with Crippen LogP contribution < -0.4 is 10.6 Å². The van der Waals surface area contributed by atoms with Gasteiger partial charge in [0, 0.05) is 27.3 Å². The van der Waals surface area contributed by atoms with E-state index in [1.807, 2.05) is 109 Å². The molecule has 3 amide bonds. The second-order valence-corrected chi connectivity index (χ2v) is 13.0. The van der Waals surface area contributed by atoms with E-state index in [-0.39, 0.29) is 25.3 Å². The van der Waals surface area contributed by atoms with E-state index in [9.17, 15) is 19.5 Å². The zero-order chi connectivity index (χ0) is 33.9. The van der Waals surface area contributed by atoms with Gasteiger partial charge in [0.15, 0.2) is 0 Å². The smallest absolute Gasteiger partial charge is 0.407 e. The molecule has 1 saturated heterocycles. The number of rotatable bonds is 12. The third-order valence-electron chi connectivity index (χ3n) is 8.16. The Balaban J connectivity index is 1.31. The molecule has 0 aromatic heterocycles. The zero-order valence-electron chi connectivity index (χ0n) is 26.5. The minimum Gasteiger partial charge on any atom is -0.465 e. The fraction of sp³-hybridized carbons (Fsp3) is 0.270. The second-order valence-electron chi connectivity index (χ2n) is 11.4. The average molecular weight is 688 g/mol. The van der Waals surface area contributed by atoms with Crippen LogP contribution in [0.15, 0.2) is 114 Å². The molecule has 5 rings (SSSR count). The van der Waals surface area contributed by atoms with Gasteiger partial charge in [-0.05, 0) is 59.9 Å². The standard InChI is InChI=1S/C37H38ClN3O6S/c1-46-36(43)40-34(33(26-11-4-2-5-12-26)27-13-6-3-7-14-27)35(42)39-32-15-9-8-10-25(32)16-19-29-22-41(37(44)45)23-30(47-29)24-48-31-20-17-28(38)18-21-31/h2-15,17-18,20-21,29-30,33-34H,16,19,22-24H2,1H3,(H,39,42)(H,40,43)(H,44,45)/t29-,30+,34+/m1/s1. The normalized spacial score (nSPS) is 16.6. The lowest BCUT2D eigenvalue weighted by Crippen LogP contribution is -2.50. The number of nitrogens with one attached hydrogen (secondary N) is 2. The average Bonchev–Trinajstić information content (AvgIpc) is 3.11. The summed E-state index contributed by atoms with van der Waals surface area (Å²) in [7, 11) is 1.26. The number of morpholine rings is 1. The Kier molecular flexibility index (Phi) is 12.4. The Morgan fingerprint density at radius 1 is 0.896 bits per heavy atom. The summed E-state index contributed by atoms with van der Waals surface area (Å²) in [5.74, 6) is -0.317. The van der Waals surface area contributed by atoms with Gasteiger partial charge in [0.1, 0.15) is 6.04 Å². The molecular formula is C37H38ClN3O6S. The van der Waals surface area contributed by atoms with Crippen LogP contribution in [0.4, 0.5) is 15.3 Å². The molecule has 11 heteroatoms. The summed E-state index contributed by atoms with van der Waals surface area (Å²) in [4.78, 5) is 41.1. The fourth-order valence-electron chi connectivity index (χ4n) is 5.82. The quantitative estimate of drug-likeness (QED) is 0.134. The minimum absolute atomic E-state index is 0.257. The highest BCUT2D eigenvalue weighted by Gasteiger charge is 2.34. The highest BCUT2D eigenvalue weighted by molar-refractivity contribution is 7.99. The first kappa shape index (κ1) is 34.8. The van der Waals surface area contributed by atoms with Crippen molar-refractivity contribution in [1.82, 2.24) is 10.2 Å². The number of carboxylic acid groups (broad SMARTS) is 1. The van der Waals surface area contributed by atoms with Gasteiger partial charge in [0.05, 0.1) is 32.4 Å². The van der Waals surface area contributed by atoms with Crippen molar-refractivity contribution < 1.29 is 29.0 Å². The number of anilines is 1. The van der Waals surface area contributed by atoms with Crippen LogP contribution in [0, 0.1) is 0 Å². The molecule has 0 aliphatic carbocycles. The maximum absolute atomic E-state index is 14.1. The summed E-state index contributed by atoms with van der Waals surface area (Å²) < 4.78 is 11.3. The van der Waals surface area contributed by atoms with Crippen LogP contribution in [0.25, 0.3) is 0 Å². The Bertz CT molecular complexity index is 1620. The monoisotopic (exact) mass is 687 g/mol. The van der Waals surface area contributed by atoms with E-state index in [1.54, 1.807) is 11.8 Å². The summed E-state index contributed by atoms with van der Waals surface area (Å²) in [6, 6.07) is 33.1. The van der Waals surface area contributed by atoms with Crippen molar-refractivity contribution in [2.24, 2.45) is 0 Å². The number of para-hydroxylation sites is 1. The van der Waals surface area contributed by atoms with E-state index in [0.717, 1.165) is 21.6 Å². The van der Waals surface area contributed by atoms with Crippen molar-refractivity contribution >= 4 is 47.1 Å². The van der Waals surface area contributed by atoms with Crippen LogP contribution >= 0.6 is 23.4 Å². The molecule has 1 fully saturated rings. The SMILES string of the molecule is COC(=O)N[C@H](C(=O)Nc1ccccc1CC[C@@H]1CN(C(=O)O)C[C@@H](CSc2ccc(Cl)cc2)O1)C(c1ccccc1)c1ccccc1. The van der Waals surface area contributed by atoms with Gasteiger partial charge in [-0.1, -0.05) is 90.5 Å². The van der Waals surface area contributed by atoms with E-state index in [4.69, 9.17) is 21.1 Å². The number of halogens is 1. The Morgan fingerprint density at radius 2 is 1.50 bits per heavy atom. The predicted molar refractivity (Wildman–Crippen MR) is 188 cm³/mol. The summed E-state index contributed by atoms with van der Waals surface area (Å²) in [6.45, 7) is 0.546. The molecule has 4 aromatic carbocycles. The molecule has 0 bridgehead atoms. The predicted octanol–water partition coefficient (Wildman–Crippen LogP) is 7.31. The number of nitrogens with zero attached hydrogens (tertiary/aromatic N) is 1. The topological polar surface area (TPSA) is 117 Å². The highest BCUT2D eigenvalue weighted by Crippen LogP contribution is 2.30. The van der Waals surface area contributed by atoms with Gasteiger partial charge in [-0.15, -0.1) is 11.8 Å². The van der Waals surface area contributed by atoms with Crippen molar-refractivity contribution in [1.29, 1.82) is 0 Å². The molecule has 3 N–H and O–H groups in total. The van der Waals surface area contributed by atoms with Crippen LogP contribution in [-0.4, -0.2) is 72.3 Å². The highest BCUT2D eigenvalue weighted by atomic mass is 35.5. The number of thioether (sulfide) groups is 1. The van der Waals surface area contributed by atoms with Gasteiger partial charge in [-0.2, -0.15) is 0 Å². The molecule has 1 aliphatic heterocycles.